The van der Waals surface area contributed by atoms with Crippen LogP contribution in [0, 0.1) is 0 Å². The van der Waals surface area contributed by atoms with Crippen molar-refractivity contribution in [1.29, 1.82) is 0 Å². The molecule has 0 aliphatic carbocycles. The molecule has 3 aromatic rings. The van der Waals surface area contributed by atoms with Gasteiger partial charge in [-0.05, 0) is 30.3 Å². The maximum Gasteiger partial charge on any atom is 0.264 e. The third kappa shape index (κ3) is 3.51. The number of nitrogens with zero attached hydrogens (tertiary/aromatic N) is 1. The lowest BCUT2D eigenvalue weighted by Gasteiger charge is -2.05. The van der Waals surface area contributed by atoms with Crippen LogP contribution in [0.4, 0.5) is 5.13 Å². The van der Waals surface area contributed by atoms with E-state index in [0.717, 1.165) is 10.2 Å². The second kappa shape index (κ2) is 6.11. The molecule has 6 heteroatoms. The number of hydrogen-bond donors (Lipinski definition) is 1. The van der Waals surface area contributed by atoms with Crippen LogP contribution in [0.5, 0.6) is 5.75 Å². The van der Waals surface area contributed by atoms with Gasteiger partial charge in [-0.2, -0.15) is 0 Å². The van der Waals surface area contributed by atoms with Crippen LogP contribution in [0.2, 0.25) is 5.02 Å². The number of rotatable bonds is 4. The Labute approximate surface area is 130 Å². The predicted molar refractivity (Wildman–Crippen MR) is 85.2 cm³/mol. The zero-order valence-electron chi connectivity index (χ0n) is 10.9. The van der Waals surface area contributed by atoms with Crippen LogP contribution in [0.15, 0.2) is 48.5 Å². The Bertz CT molecular complexity index is 755. The fraction of sp³-hybridized carbons (Fsp3) is 0.0667. The molecule has 1 amide bonds. The first-order chi connectivity index (χ1) is 10.2. The second-order valence-corrected chi connectivity index (χ2v) is 5.75. The topological polar surface area (TPSA) is 51.2 Å². The largest absolute Gasteiger partial charge is 0.484 e. The minimum Gasteiger partial charge on any atom is -0.484 e. The molecule has 21 heavy (non-hydrogen) atoms. The fourth-order valence-corrected chi connectivity index (χ4v) is 2.85. The van der Waals surface area contributed by atoms with Gasteiger partial charge in [-0.3, -0.25) is 10.1 Å². The van der Waals surface area contributed by atoms with E-state index < -0.39 is 0 Å². The SMILES string of the molecule is O=C(COc1cccc(Cl)c1)Nc1nc2ccccc2s1. The molecule has 1 aromatic heterocycles. The van der Waals surface area contributed by atoms with Crippen LogP contribution in [0.25, 0.3) is 10.2 Å². The van der Waals surface area contributed by atoms with Gasteiger partial charge in [0.1, 0.15) is 5.75 Å². The van der Waals surface area contributed by atoms with Gasteiger partial charge in [0.15, 0.2) is 11.7 Å². The van der Waals surface area contributed by atoms with E-state index in [4.69, 9.17) is 16.3 Å². The molecular weight excluding hydrogens is 308 g/mol. The molecule has 0 aliphatic rings. The van der Waals surface area contributed by atoms with Crippen LogP contribution in [0.1, 0.15) is 0 Å². The molecule has 4 nitrogen and oxygen atoms in total. The minimum absolute atomic E-state index is 0.0870. The molecule has 1 heterocycles. The number of amides is 1. The smallest absolute Gasteiger partial charge is 0.264 e. The van der Waals surface area contributed by atoms with Gasteiger partial charge in [0.2, 0.25) is 0 Å². The molecule has 1 N–H and O–H groups in total. The highest BCUT2D eigenvalue weighted by Crippen LogP contribution is 2.25. The first-order valence-corrected chi connectivity index (χ1v) is 7.44. The summed E-state index contributed by atoms with van der Waals surface area (Å²) in [5, 5.41) is 3.86. The average molecular weight is 319 g/mol. The minimum atomic E-state index is -0.256. The molecule has 0 aliphatic heterocycles. The highest BCUT2D eigenvalue weighted by atomic mass is 35.5. The predicted octanol–water partition coefficient (Wildman–Crippen LogP) is 3.97. The molecule has 0 fully saturated rings. The number of ether oxygens (including phenoxy) is 1. The summed E-state index contributed by atoms with van der Waals surface area (Å²) in [5.41, 5.74) is 0.869. The number of thiazole rings is 1. The summed E-state index contributed by atoms with van der Waals surface area (Å²) in [6.07, 6.45) is 0. The number of nitrogens with one attached hydrogen (secondary N) is 1. The summed E-state index contributed by atoms with van der Waals surface area (Å²) in [5.74, 6) is 0.302. The number of carbonyl (C=O) groups excluding carboxylic acids is 1. The van der Waals surface area contributed by atoms with E-state index in [1.54, 1.807) is 24.3 Å². The van der Waals surface area contributed by atoms with Crippen LogP contribution >= 0.6 is 22.9 Å². The van der Waals surface area contributed by atoms with Gasteiger partial charge in [-0.15, -0.1) is 0 Å². The van der Waals surface area contributed by atoms with Crippen LogP contribution < -0.4 is 10.1 Å². The van der Waals surface area contributed by atoms with Gasteiger partial charge in [0, 0.05) is 5.02 Å². The summed E-state index contributed by atoms with van der Waals surface area (Å²) in [7, 11) is 0. The number of aromatic nitrogens is 1. The summed E-state index contributed by atoms with van der Waals surface area (Å²) in [6.45, 7) is -0.0870. The van der Waals surface area contributed by atoms with Crippen molar-refractivity contribution in [3.8, 4) is 5.75 Å². The first-order valence-electron chi connectivity index (χ1n) is 6.24. The van der Waals surface area contributed by atoms with Crippen molar-refractivity contribution in [3.05, 3.63) is 53.6 Å². The maximum absolute atomic E-state index is 11.8. The Hall–Kier alpha value is -2.11. The summed E-state index contributed by atoms with van der Waals surface area (Å²) in [4.78, 5) is 16.2. The Morgan fingerprint density at radius 3 is 2.90 bits per heavy atom. The number of halogens is 1. The van der Waals surface area contributed by atoms with Gasteiger partial charge < -0.3 is 4.74 Å². The van der Waals surface area contributed by atoms with Gasteiger partial charge in [0.05, 0.1) is 10.2 Å². The lowest BCUT2D eigenvalue weighted by atomic mass is 10.3. The third-order valence-corrected chi connectivity index (χ3v) is 3.89. The first kappa shape index (κ1) is 13.9. The standard InChI is InChI=1S/C15H11ClN2O2S/c16-10-4-3-5-11(8-10)20-9-14(19)18-15-17-12-6-1-2-7-13(12)21-15/h1-8H,9H2,(H,17,18,19). The van der Waals surface area contributed by atoms with Crippen LogP contribution in [-0.2, 0) is 4.79 Å². The number of benzene rings is 2. The van der Waals surface area contributed by atoms with Crippen molar-refractivity contribution in [2.45, 2.75) is 0 Å². The molecule has 0 saturated carbocycles. The van der Waals surface area contributed by atoms with Gasteiger partial charge in [-0.25, -0.2) is 4.98 Å². The van der Waals surface area contributed by atoms with Crippen molar-refractivity contribution in [3.63, 3.8) is 0 Å². The molecule has 0 bridgehead atoms. The molecule has 0 unspecified atom stereocenters. The van der Waals surface area contributed by atoms with E-state index in [9.17, 15) is 4.79 Å². The number of anilines is 1. The molecule has 0 saturated heterocycles. The summed E-state index contributed by atoms with van der Waals surface area (Å²) in [6, 6.07) is 14.6. The van der Waals surface area contributed by atoms with Crippen molar-refractivity contribution in [2.75, 3.05) is 11.9 Å². The number of para-hydroxylation sites is 1. The molecule has 0 atom stereocenters. The van der Waals surface area contributed by atoms with Crippen molar-refractivity contribution in [2.24, 2.45) is 0 Å². The summed E-state index contributed by atoms with van der Waals surface area (Å²) >= 11 is 7.28. The molecular formula is C15H11ClN2O2S. The van der Waals surface area contributed by atoms with E-state index in [-0.39, 0.29) is 12.5 Å². The third-order valence-electron chi connectivity index (χ3n) is 2.71. The zero-order chi connectivity index (χ0) is 14.7. The van der Waals surface area contributed by atoms with E-state index in [1.807, 2.05) is 24.3 Å². The molecule has 106 valence electrons. The maximum atomic E-state index is 11.8. The quantitative estimate of drug-likeness (QED) is 0.792. The van der Waals surface area contributed by atoms with Crippen LogP contribution in [-0.4, -0.2) is 17.5 Å². The second-order valence-electron chi connectivity index (χ2n) is 4.28. The lowest BCUT2D eigenvalue weighted by molar-refractivity contribution is -0.118. The highest BCUT2D eigenvalue weighted by molar-refractivity contribution is 7.22. The Balaban J connectivity index is 1.61. The average Bonchev–Trinajstić information content (AvgIpc) is 2.87. The Kier molecular flexibility index (Phi) is 4.03. The number of hydrogen-bond acceptors (Lipinski definition) is 4. The lowest BCUT2D eigenvalue weighted by Crippen LogP contribution is -2.19. The normalized spacial score (nSPS) is 10.5. The molecule has 3 rings (SSSR count). The Morgan fingerprint density at radius 1 is 1.24 bits per heavy atom. The van der Waals surface area contributed by atoms with E-state index >= 15 is 0 Å². The molecule has 2 aromatic carbocycles. The van der Waals surface area contributed by atoms with Crippen LogP contribution in [0.3, 0.4) is 0 Å². The zero-order valence-corrected chi connectivity index (χ0v) is 12.4. The van der Waals surface area contributed by atoms with Gasteiger partial charge in [0.25, 0.3) is 5.91 Å². The summed E-state index contributed by atoms with van der Waals surface area (Å²) < 4.78 is 6.41. The fourth-order valence-electron chi connectivity index (χ4n) is 1.79. The van der Waals surface area contributed by atoms with Gasteiger partial charge in [-0.1, -0.05) is 41.1 Å². The molecule has 0 radical (unpaired) electrons. The monoisotopic (exact) mass is 318 g/mol. The number of carbonyl (C=O) groups is 1. The van der Waals surface area contributed by atoms with Crippen molar-refractivity contribution < 1.29 is 9.53 Å². The van der Waals surface area contributed by atoms with E-state index in [2.05, 4.69) is 10.3 Å². The van der Waals surface area contributed by atoms with E-state index in [0.29, 0.717) is 15.9 Å². The number of fused-ring (bicyclic) bond motifs is 1. The van der Waals surface area contributed by atoms with Crippen molar-refractivity contribution in [1.82, 2.24) is 4.98 Å². The van der Waals surface area contributed by atoms with Gasteiger partial charge >= 0.3 is 0 Å². The van der Waals surface area contributed by atoms with Crippen molar-refractivity contribution >= 4 is 44.2 Å². The highest BCUT2D eigenvalue weighted by Gasteiger charge is 2.08. The Morgan fingerprint density at radius 2 is 2.10 bits per heavy atom. The van der Waals surface area contributed by atoms with E-state index in [1.165, 1.54) is 11.3 Å². The molecule has 0 spiro atoms.